The molecule has 0 aliphatic carbocycles. The van der Waals surface area contributed by atoms with Gasteiger partial charge in [-0.15, -0.1) is 11.8 Å². The molecule has 0 spiro atoms. The van der Waals surface area contributed by atoms with E-state index in [-0.39, 0.29) is 10.4 Å². The van der Waals surface area contributed by atoms with Crippen molar-refractivity contribution < 1.29 is 0 Å². The molecule has 6 heteroatoms. The highest BCUT2D eigenvalue weighted by Gasteiger charge is 2.23. The van der Waals surface area contributed by atoms with Gasteiger partial charge in [0, 0.05) is 15.8 Å². The van der Waals surface area contributed by atoms with Crippen LogP contribution in [0.5, 0.6) is 0 Å². The van der Waals surface area contributed by atoms with Gasteiger partial charge in [-0.05, 0) is 49.7 Å². The van der Waals surface area contributed by atoms with Crippen molar-refractivity contribution in [2.75, 3.05) is 0 Å². The van der Waals surface area contributed by atoms with Crippen LogP contribution in [0.25, 0.3) is 16.9 Å². The first-order chi connectivity index (χ1) is 13.0. The number of benzene rings is 2. The van der Waals surface area contributed by atoms with Crippen LogP contribution in [0.4, 0.5) is 0 Å². The second-order valence-corrected chi connectivity index (χ2v) is 8.84. The third-order valence-electron chi connectivity index (χ3n) is 4.44. The molecule has 2 heterocycles. The van der Waals surface area contributed by atoms with Crippen molar-refractivity contribution in [1.29, 1.82) is 0 Å². The van der Waals surface area contributed by atoms with Crippen LogP contribution in [-0.2, 0) is 4.75 Å². The lowest BCUT2D eigenvalue weighted by molar-refractivity contribution is 0.782. The Morgan fingerprint density at radius 1 is 1.07 bits per heavy atom. The van der Waals surface area contributed by atoms with Crippen molar-refractivity contribution in [3.05, 3.63) is 87.9 Å². The molecule has 27 heavy (non-hydrogen) atoms. The predicted molar refractivity (Wildman–Crippen MR) is 112 cm³/mol. The molecule has 0 radical (unpaired) electrons. The second kappa shape index (κ2) is 6.91. The second-order valence-electron chi connectivity index (χ2n) is 6.73. The number of hydrogen-bond donors (Lipinski definition) is 1. The number of aromatic amines is 1. The van der Waals surface area contributed by atoms with Crippen LogP contribution in [-0.4, -0.2) is 14.5 Å². The Morgan fingerprint density at radius 2 is 1.85 bits per heavy atom. The minimum Gasteiger partial charge on any atom is -0.304 e. The predicted octanol–water partition coefficient (Wildman–Crippen LogP) is 5.39. The van der Waals surface area contributed by atoms with Gasteiger partial charge in [-0.25, -0.2) is 14.3 Å². The number of fused-ring (bicyclic) bond motifs is 1. The van der Waals surface area contributed by atoms with Crippen LogP contribution in [0.15, 0.2) is 76.6 Å². The maximum Gasteiger partial charge on any atom is 0.332 e. The van der Waals surface area contributed by atoms with Crippen LogP contribution in [0.2, 0.25) is 5.02 Å². The van der Waals surface area contributed by atoms with E-state index in [1.54, 1.807) is 24.0 Å². The molecule has 0 saturated carbocycles. The summed E-state index contributed by atoms with van der Waals surface area (Å²) in [5.41, 5.74) is 2.85. The van der Waals surface area contributed by atoms with Crippen molar-refractivity contribution in [3.8, 4) is 5.69 Å². The van der Waals surface area contributed by atoms with Crippen molar-refractivity contribution in [3.63, 3.8) is 0 Å². The number of hydrogen-bond acceptors (Lipinski definition) is 3. The minimum absolute atomic E-state index is 0.129. The maximum absolute atomic E-state index is 12.5. The molecule has 0 atom stereocenters. The van der Waals surface area contributed by atoms with Crippen LogP contribution < -0.4 is 5.69 Å². The molecular formula is C21H18ClN3OS. The molecule has 0 bridgehead atoms. The van der Waals surface area contributed by atoms with Gasteiger partial charge in [0.15, 0.2) is 5.65 Å². The molecule has 2 aromatic carbocycles. The number of nitrogens with one attached hydrogen (secondary N) is 1. The summed E-state index contributed by atoms with van der Waals surface area (Å²) in [7, 11) is 0. The zero-order chi connectivity index (χ0) is 19.0. The fourth-order valence-electron chi connectivity index (χ4n) is 3.08. The van der Waals surface area contributed by atoms with E-state index in [9.17, 15) is 4.79 Å². The quantitative estimate of drug-likeness (QED) is 0.471. The van der Waals surface area contributed by atoms with Gasteiger partial charge in [0.25, 0.3) is 0 Å². The monoisotopic (exact) mass is 395 g/mol. The fraction of sp³-hybridized carbons (Fsp3) is 0.143. The molecule has 4 nitrogen and oxygen atoms in total. The summed E-state index contributed by atoms with van der Waals surface area (Å²) < 4.78 is 1.40. The minimum atomic E-state index is -0.255. The summed E-state index contributed by atoms with van der Waals surface area (Å²) >= 11 is 8.16. The van der Waals surface area contributed by atoms with Gasteiger partial charge in [-0.3, -0.25) is 0 Å². The first-order valence-corrected chi connectivity index (χ1v) is 9.75. The van der Waals surface area contributed by atoms with E-state index in [2.05, 4.69) is 35.9 Å². The number of pyridine rings is 1. The molecule has 2 aromatic heterocycles. The van der Waals surface area contributed by atoms with E-state index in [4.69, 9.17) is 11.6 Å². The average Bonchev–Trinajstić information content (AvgIpc) is 2.99. The summed E-state index contributed by atoms with van der Waals surface area (Å²) in [6, 6.07) is 19.7. The summed E-state index contributed by atoms with van der Waals surface area (Å²) in [6.45, 7) is 4.36. The smallest absolute Gasteiger partial charge is 0.304 e. The highest BCUT2D eigenvalue weighted by atomic mass is 35.5. The zero-order valence-electron chi connectivity index (χ0n) is 14.9. The first-order valence-electron chi connectivity index (χ1n) is 8.56. The Morgan fingerprint density at radius 3 is 2.63 bits per heavy atom. The largest absolute Gasteiger partial charge is 0.332 e. The molecule has 0 aliphatic rings. The van der Waals surface area contributed by atoms with Gasteiger partial charge in [0.1, 0.15) is 0 Å². The molecule has 136 valence electrons. The standard InChI is InChI=1S/C21H18ClN3OS/c1-21(2,14-7-4-3-5-8-14)27-15-10-11-16(22)18(13-15)25-19-17(24-20(25)26)9-6-12-23-19/h3-13H,1-2H3,(H,24,26). The zero-order valence-corrected chi connectivity index (χ0v) is 16.5. The molecular weight excluding hydrogens is 378 g/mol. The van der Waals surface area contributed by atoms with Crippen molar-refractivity contribution in [1.82, 2.24) is 14.5 Å². The third kappa shape index (κ3) is 3.40. The molecule has 0 fully saturated rings. The van der Waals surface area contributed by atoms with E-state index in [1.807, 2.05) is 42.5 Å². The van der Waals surface area contributed by atoms with E-state index < -0.39 is 0 Å². The van der Waals surface area contributed by atoms with Crippen LogP contribution in [0, 0.1) is 0 Å². The lowest BCUT2D eigenvalue weighted by Gasteiger charge is -2.25. The van der Waals surface area contributed by atoms with Crippen molar-refractivity contribution in [2.24, 2.45) is 0 Å². The topological polar surface area (TPSA) is 50.7 Å². The number of imidazole rings is 1. The first kappa shape index (κ1) is 17.9. The van der Waals surface area contributed by atoms with Crippen LogP contribution in [0.3, 0.4) is 0 Å². The third-order valence-corrected chi connectivity index (χ3v) is 6.00. The Kier molecular flexibility index (Phi) is 4.58. The number of aromatic nitrogens is 3. The van der Waals surface area contributed by atoms with Crippen molar-refractivity contribution in [2.45, 2.75) is 23.5 Å². The summed E-state index contributed by atoms with van der Waals surface area (Å²) in [5.74, 6) is 0. The molecule has 0 aliphatic heterocycles. The van der Waals surface area contributed by atoms with Crippen molar-refractivity contribution >= 4 is 34.5 Å². The highest BCUT2D eigenvalue weighted by molar-refractivity contribution is 8.00. The van der Waals surface area contributed by atoms with E-state index >= 15 is 0 Å². The Balaban J connectivity index is 1.78. The molecule has 4 rings (SSSR count). The van der Waals surface area contributed by atoms with Gasteiger partial charge in [0.2, 0.25) is 0 Å². The Labute approximate surface area is 166 Å². The highest BCUT2D eigenvalue weighted by Crippen LogP contribution is 2.42. The molecule has 1 N–H and O–H groups in total. The number of thioether (sulfide) groups is 1. The summed E-state index contributed by atoms with van der Waals surface area (Å²) in [5, 5.41) is 0.505. The van der Waals surface area contributed by atoms with E-state index in [1.165, 1.54) is 10.1 Å². The van der Waals surface area contributed by atoms with E-state index in [0.29, 0.717) is 21.9 Å². The number of rotatable bonds is 4. The van der Waals surface area contributed by atoms with Gasteiger partial charge in [0.05, 0.1) is 16.2 Å². The van der Waals surface area contributed by atoms with Crippen LogP contribution >= 0.6 is 23.4 Å². The Bertz CT molecular complexity index is 1160. The molecule has 0 amide bonds. The van der Waals surface area contributed by atoms with Gasteiger partial charge < -0.3 is 4.98 Å². The SMILES string of the molecule is CC(C)(Sc1ccc(Cl)c(-n2c(=O)[nH]c3cccnc32)c1)c1ccccc1. The molecule has 0 saturated heterocycles. The van der Waals surface area contributed by atoms with E-state index in [0.717, 1.165) is 4.90 Å². The number of H-pyrrole nitrogens is 1. The Hall–Kier alpha value is -2.50. The number of nitrogens with zero attached hydrogens (tertiary/aromatic N) is 2. The average molecular weight is 396 g/mol. The maximum atomic E-state index is 12.5. The number of halogens is 1. The van der Waals surface area contributed by atoms with Crippen LogP contribution in [0.1, 0.15) is 19.4 Å². The lowest BCUT2D eigenvalue weighted by Crippen LogP contribution is -2.16. The van der Waals surface area contributed by atoms with Gasteiger partial charge in [-0.2, -0.15) is 0 Å². The summed E-state index contributed by atoms with van der Waals surface area (Å²) in [6.07, 6.45) is 1.66. The molecule has 4 aromatic rings. The van der Waals surface area contributed by atoms with Gasteiger partial charge in [-0.1, -0.05) is 41.9 Å². The van der Waals surface area contributed by atoms with Gasteiger partial charge >= 0.3 is 5.69 Å². The fourth-order valence-corrected chi connectivity index (χ4v) is 4.44. The normalized spacial score (nSPS) is 11.8. The lowest BCUT2D eigenvalue weighted by atomic mass is 10.0. The summed E-state index contributed by atoms with van der Waals surface area (Å²) in [4.78, 5) is 20.7. The molecule has 0 unspecified atom stereocenters.